The molecule has 0 aliphatic rings. The summed E-state index contributed by atoms with van der Waals surface area (Å²) >= 11 is 0. The molecule has 0 aromatic heterocycles. The van der Waals surface area contributed by atoms with Gasteiger partial charge in [-0.05, 0) is 6.42 Å². The summed E-state index contributed by atoms with van der Waals surface area (Å²) in [6.45, 7) is 2.96. The average Bonchev–Trinajstić information content (AvgIpc) is 1.82. The summed E-state index contributed by atoms with van der Waals surface area (Å²) in [7, 11) is 2.77. The Morgan fingerprint density at radius 2 is 1.92 bits per heavy atom. The first-order valence-corrected chi connectivity index (χ1v) is 6.30. The van der Waals surface area contributed by atoms with E-state index in [1.165, 1.54) is 0 Å². The van der Waals surface area contributed by atoms with E-state index in [-0.39, 0.29) is 6.16 Å². The van der Waals surface area contributed by atoms with Crippen LogP contribution in [0.4, 0.5) is 0 Å². The van der Waals surface area contributed by atoms with Crippen molar-refractivity contribution in [2.24, 2.45) is 0 Å². The summed E-state index contributed by atoms with van der Waals surface area (Å²) in [6.07, 6.45) is 0.933. The number of hydrogen-bond acceptors (Lipinski definition) is 2. The number of hydrogen-bond donors (Lipinski definition) is 1. The predicted octanol–water partition coefficient (Wildman–Crippen LogP) is 1.30. The third kappa shape index (κ3) is 8.44. The van der Waals surface area contributed by atoms with Crippen LogP contribution in [-0.2, 0) is 9.09 Å². The van der Waals surface area contributed by atoms with E-state index in [9.17, 15) is 9.46 Å². The van der Waals surface area contributed by atoms with Crippen molar-refractivity contribution in [3.05, 3.63) is 0 Å². The molecule has 0 radical (unpaired) electrons. The molecule has 5 heteroatoms. The summed E-state index contributed by atoms with van der Waals surface area (Å²) in [5.74, 6) is 0. The van der Waals surface area contributed by atoms with Gasteiger partial charge in [-0.3, -0.25) is 4.57 Å². The molecule has 0 aromatic rings. The molecular weight excluding hydrogens is 189 g/mol. The van der Waals surface area contributed by atoms with Crippen molar-refractivity contribution in [2.75, 3.05) is 40.5 Å². The minimum Gasteiger partial charge on any atom is -0.329 e. The summed E-state index contributed by atoms with van der Waals surface area (Å²) in [5.41, 5.74) is 0. The van der Waals surface area contributed by atoms with E-state index in [0.717, 1.165) is 11.0 Å². The van der Waals surface area contributed by atoms with Gasteiger partial charge in [0.15, 0.2) is 0 Å². The lowest BCUT2D eigenvalue weighted by molar-refractivity contribution is -0.870. The zero-order chi connectivity index (χ0) is 10.5. The maximum Gasteiger partial charge on any atom is 0.328 e. The van der Waals surface area contributed by atoms with Crippen LogP contribution < -0.4 is 0 Å². The van der Waals surface area contributed by atoms with Crippen LogP contribution in [0.3, 0.4) is 0 Å². The highest BCUT2D eigenvalue weighted by atomic mass is 31.2. The fraction of sp³-hybridized carbons (Fsp3) is 1.00. The Balaban J connectivity index is 3.70. The van der Waals surface area contributed by atoms with Crippen molar-refractivity contribution >= 4 is 7.60 Å². The van der Waals surface area contributed by atoms with Gasteiger partial charge in [-0.15, -0.1) is 0 Å². The normalized spacial score (nSPS) is 17.0. The molecule has 0 aliphatic heterocycles. The molecule has 0 aliphatic carbocycles. The first-order chi connectivity index (χ1) is 5.77. The van der Waals surface area contributed by atoms with E-state index in [1.54, 1.807) is 0 Å². The summed E-state index contributed by atoms with van der Waals surface area (Å²) < 4.78 is 16.9. The van der Waals surface area contributed by atoms with E-state index in [0.29, 0.717) is 13.0 Å². The first kappa shape index (κ1) is 13.1. The molecule has 1 N–H and O–H groups in total. The van der Waals surface area contributed by atoms with Crippen molar-refractivity contribution in [2.45, 2.75) is 13.3 Å². The Bertz CT molecular complexity index is 188. The third-order valence-electron chi connectivity index (χ3n) is 1.56. The smallest absolute Gasteiger partial charge is 0.328 e. The third-order valence-corrected chi connectivity index (χ3v) is 3.16. The monoisotopic (exact) mass is 210 g/mol. The van der Waals surface area contributed by atoms with Gasteiger partial charge >= 0.3 is 7.60 Å². The quantitative estimate of drug-likeness (QED) is 0.531. The molecule has 0 rings (SSSR count). The highest BCUT2D eigenvalue weighted by Crippen LogP contribution is 2.41. The first-order valence-electron chi connectivity index (χ1n) is 4.54. The largest absolute Gasteiger partial charge is 0.329 e. The molecule has 0 aromatic carbocycles. The van der Waals surface area contributed by atoms with Crippen LogP contribution in [0.2, 0.25) is 0 Å². The Morgan fingerprint density at radius 1 is 1.38 bits per heavy atom. The van der Waals surface area contributed by atoms with Gasteiger partial charge in [-0.2, -0.15) is 0 Å². The summed E-state index contributed by atoms with van der Waals surface area (Å²) in [6, 6.07) is 0. The van der Waals surface area contributed by atoms with Crippen molar-refractivity contribution in [3.8, 4) is 0 Å². The van der Waals surface area contributed by atoms with Gasteiger partial charge in [0.05, 0.1) is 21.1 Å². The Morgan fingerprint density at radius 3 is 2.31 bits per heavy atom. The Hall–Kier alpha value is 0.110. The lowest BCUT2D eigenvalue weighted by Crippen LogP contribution is -2.37. The zero-order valence-electron chi connectivity index (χ0n) is 8.99. The lowest BCUT2D eigenvalue weighted by Gasteiger charge is -2.24. The van der Waals surface area contributed by atoms with E-state index in [1.807, 2.05) is 28.1 Å². The molecular formula is C8H21NO3P+. The molecule has 13 heavy (non-hydrogen) atoms. The molecule has 0 bridgehead atoms. The highest BCUT2D eigenvalue weighted by molar-refractivity contribution is 7.52. The predicted molar refractivity (Wildman–Crippen MR) is 53.8 cm³/mol. The summed E-state index contributed by atoms with van der Waals surface area (Å²) in [4.78, 5) is 9.24. The van der Waals surface area contributed by atoms with Crippen LogP contribution in [0.15, 0.2) is 0 Å². The van der Waals surface area contributed by atoms with Crippen LogP contribution in [0.1, 0.15) is 13.3 Å². The van der Waals surface area contributed by atoms with Gasteiger partial charge in [0.2, 0.25) is 0 Å². The van der Waals surface area contributed by atoms with Crippen LogP contribution in [-0.4, -0.2) is 49.8 Å². The van der Waals surface area contributed by atoms with Gasteiger partial charge in [-0.25, -0.2) is 0 Å². The fourth-order valence-corrected chi connectivity index (χ4v) is 1.87. The zero-order valence-corrected chi connectivity index (χ0v) is 9.88. The van der Waals surface area contributed by atoms with E-state index in [4.69, 9.17) is 4.52 Å². The molecule has 1 unspecified atom stereocenters. The van der Waals surface area contributed by atoms with Crippen molar-refractivity contribution in [1.29, 1.82) is 0 Å². The second kappa shape index (κ2) is 5.11. The summed E-state index contributed by atoms with van der Waals surface area (Å²) in [5, 5.41) is 0. The molecule has 0 amide bonds. The minimum atomic E-state index is -3.29. The molecule has 0 fully saturated rings. The molecule has 4 nitrogen and oxygen atoms in total. The lowest BCUT2D eigenvalue weighted by atomic mass is 10.5. The van der Waals surface area contributed by atoms with Gasteiger partial charge in [-0.1, -0.05) is 6.92 Å². The van der Waals surface area contributed by atoms with Crippen molar-refractivity contribution < 1.29 is 18.5 Å². The van der Waals surface area contributed by atoms with Crippen molar-refractivity contribution in [3.63, 3.8) is 0 Å². The fourth-order valence-electron chi connectivity index (χ4n) is 0.804. The van der Waals surface area contributed by atoms with E-state index >= 15 is 0 Å². The number of quaternary nitrogens is 1. The van der Waals surface area contributed by atoms with Crippen LogP contribution >= 0.6 is 7.60 Å². The average molecular weight is 210 g/mol. The molecule has 1 atom stereocenters. The van der Waals surface area contributed by atoms with Crippen molar-refractivity contribution in [1.82, 2.24) is 0 Å². The second-order valence-electron chi connectivity index (χ2n) is 4.21. The maximum atomic E-state index is 11.2. The molecule has 80 valence electrons. The number of rotatable bonds is 6. The number of likely N-dealkylation sites (N-methyl/N-ethyl adjacent to an activating group) is 1. The topological polar surface area (TPSA) is 46.5 Å². The Kier molecular flexibility index (Phi) is 5.15. The second-order valence-corrected chi connectivity index (χ2v) is 6.19. The molecule has 0 heterocycles. The van der Waals surface area contributed by atoms with Gasteiger partial charge in [0.25, 0.3) is 0 Å². The SMILES string of the molecule is CCCP(=O)(O)OCC[N+](C)(C)C. The molecule has 0 saturated carbocycles. The van der Waals surface area contributed by atoms with Gasteiger partial charge < -0.3 is 13.9 Å². The van der Waals surface area contributed by atoms with Gasteiger partial charge in [0.1, 0.15) is 13.2 Å². The van der Waals surface area contributed by atoms with Crippen LogP contribution in [0.5, 0.6) is 0 Å². The van der Waals surface area contributed by atoms with Crippen LogP contribution in [0, 0.1) is 0 Å². The molecule has 0 saturated heterocycles. The molecule has 0 spiro atoms. The van der Waals surface area contributed by atoms with Gasteiger partial charge in [0, 0.05) is 6.16 Å². The minimum absolute atomic E-state index is 0.254. The van der Waals surface area contributed by atoms with E-state index in [2.05, 4.69) is 0 Å². The maximum absolute atomic E-state index is 11.2. The highest BCUT2D eigenvalue weighted by Gasteiger charge is 2.18. The number of nitrogens with zero attached hydrogens (tertiary/aromatic N) is 1. The van der Waals surface area contributed by atoms with E-state index < -0.39 is 7.60 Å². The standard InChI is InChI=1S/C8H20NO3P/c1-5-8-13(10,11)12-7-6-9(2,3)4/h5-8H2,1-4H3/p+1. The Labute approximate surface area is 80.6 Å². The van der Waals surface area contributed by atoms with Crippen LogP contribution in [0.25, 0.3) is 0 Å².